The third-order valence-corrected chi connectivity index (χ3v) is 4.02. The van der Waals surface area contributed by atoms with Crippen molar-refractivity contribution >= 4 is 11.8 Å². The predicted octanol–water partition coefficient (Wildman–Crippen LogP) is 2.37. The van der Waals surface area contributed by atoms with Crippen LogP contribution in [-0.4, -0.2) is 41.1 Å². The first-order chi connectivity index (χ1) is 12.3. The standard InChI is InChI=1S/C17H16F3N3O3/c18-17(19,20)10-23-9-12(6-15(23)24)16(25)21-8-13-7-14(26-22-13)11-4-2-1-3-5-11/h1-5,7,12H,6,8-10H2,(H,21,25). The van der Waals surface area contributed by atoms with E-state index >= 15 is 0 Å². The lowest BCUT2D eigenvalue weighted by Crippen LogP contribution is -2.37. The summed E-state index contributed by atoms with van der Waals surface area (Å²) in [6.07, 6.45) is -4.70. The molecule has 0 aliphatic carbocycles. The molecule has 3 rings (SSSR count). The van der Waals surface area contributed by atoms with Crippen LogP contribution in [0.4, 0.5) is 13.2 Å². The molecular weight excluding hydrogens is 351 g/mol. The average molecular weight is 367 g/mol. The van der Waals surface area contributed by atoms with E-state index in [4.69, 9.17) is 4.52 Å². The number of benzene rings is 1. The van der Waals surface area contributed by atoms with Gasteiger partial charge in [-0.1, -0.05) is 35.5 Å². The first kappa shape index (κ1) is 18.0. The second kappa shape index (κ2) is 7.19. The van der Waals surface area contributed by atoms with Gasteiger partial charge in [0.2, 0.25) is 11.8 Å². The van der Waals surface area contributed by atoms with Gasteiger partial charge in [0.1, 0.15) is 12.2 Å². The molecule has 1 fully saturated rings. The summed E-state index contributed by atoms with van der Waals surface area (Å²) in [6.45, 7) is -1.50. The van der Waals surface area contributed by atoms with Gasteiger partial charge in [0, 0.05) is 24.6 Å². The molecule has 2 aromatic rings. The number of hydrogen-bond donors (Lipinski definition) is 1. The Hall–Kier alpha value is -2.84. The molecular formula is C17H16F3N3O3. The molecule has 1 saturated heterocycles. The molecule has 1 aromatic heterocycles. The van der Waals surface area contributed by atoms with Crippen molar-refractivity contribution < 1.29 is 27.3 Å². The van der Waals surface area contributed by atoms with Crippen LogP contribution in [0.5, 0.6) is 0 Å². The molecule has 0 spiro atoms. The minimum Gasteiger partial charge on any atom is -0.356 e. The van der Waals surface area contributed by atoms with Crippen molar-refractivity contribution in [2.24, 2.45) is 5.92 Å². The van der Waals surface area contributed by atoms with Crippen molar-refractivity contribution in [2.45, 2.75) is 19.1 Å². The molecule has 26 heavy (non-hydrogen) atoms. The van der Waals surface area contributed by atoms with Gasteiger partial charge in [0.05, 0.1) is 12.5 Å². The van der Waals surface area contributed by atoms with Gasteiger partial charge in [-0.3, -0.25) is 9.59 Å². The Morgan fingerprint density at radius 3 is 2.73 bits per heavy atom. The largest absolute Gasteiger partial charge is 0.406 e. The summed E-state index contributed by atoms with van der Waals surface area (Å²) in [4.78, 5) is 24.4. The second-order valence-electron chi connectivity index (χ2n) is 6.06. The predicted molar refractivity (Wildman–Crippen MR) is 84.5 cm³/mol. The summed E-state index contributed by atoms with van der Waals surface area (Å²) in [5.41, 5.74) is 1.32. The van der Waals surface area contributed by atoms with Crippen LogP contribution in [0.1, 0.15) is 12.1 Å². The number of alkyl halides is 3. The van der Waals surface area contributed by atoms with E-state index < -0.39 is 30.5 Å². The fraction of sp³-hybridized carbons (Fsp3) is 0.353. The molecule has 1 atom stereocenters. The molecule has 0 saturated carbocycles. The van der Waals surface area contributed by atoms with Crippen molar-refractivity contribution in [1.29, 1.82) is 0 Å². The Morgan fingerprint density at radius 1 is 1.31 bits per heavy atom. The zero-order valence-electron chi connectivity index (χ0n) is 13.6. The number of halogens is 3. The van der Waals surface area contributed by atoms with E-state index in [2.05, 4.69) is 10.5 Å². The number of nitrogens with zero attached hydrogens (tertiary/aromatic N) is 2. The second-order valence-corrected chi connectivity index (χ2v) is 6.06. The van der Waals surface area contributed by atoms with Gasteiger partial charge in [-0.05, 0) is 0 Å². The Balaban J connectivity index is 1.53. The molecule has 1 aromatic carbocycles. The van der Waals surface area contributed by atoms with Crippen molar-refractivity contribution in [3.8, 4) is 11.3 Å². The number of hydrogen-bond acceptors (Lipinski definition) is 4. The smallest absolute Gasteiger partial charge is 0.356 e. The van der Waals surface area contributed by atoms with Gasteiger partial charge in [-0.25, -0.2) is 0 Å². The molecule has 1 aliphatic heterocycles. The molecule has 2 heterocycles. The van der Waals surface area contributed by atoms with E-state index in [9.17, 15) is 22.8 Å². The highest BCUT2D eigenvalue weighted by atomic mass is 19.4. The number of aromatic nitrogens is 1. The lowest BCUT2D eigenvalue weighted by molar-refractivity contribution is -0.157. The van der Waals surface area contributed by atoms with E-state index in [0.29, 0.717) is 16.4 Å². The Labute approximate surface area is 146 Å². The topological polar surface area (TPSA) is 75.4 Å². The first-order valence-corrected chi connectivity index (χ1v) is 7.95. The maximum atomic E-state index is 12.4. The number of rotatable bonds is 5. The molecule has 1 N–H and O–H groups in total. The van der Waals surface area contributed by atoms with Gasteiger partial charge in [0.15, 0.2) is 5.76 Å². The Bertz CT molecular complexity index is 789. The van der Waals surface area contributed by atoms with Crippen LogP contribution in [0.2, 0.25) is 0 Å². The summed E-state index contributed by atoms with van der Waals surface area (Å²) in [5, 5.41) is 6.44. The van der Waals surface area contributed by atoms with Gasteiger partial charge >= 0.3 is 6.18 Å². The van der Waals surface area contributed by atoms with Crippen molar-refractivity contribution in [3.05, 3.63) is 42.1 Å². The molecule has 0 bridgehead atoms. The first-order valence-electron chi connectivity index (χ1n) is 7.95. The highest BCUT2D eigenvalue weighted by Gasteiger charge is 2.40. The van der Waals surface area contributed by atoms with E-state index in [1.165, 1.54) is 0 Å². The Kier molecular flexibility index (Phi) is 4.97. The summed E-state index contributed by atoms with van der Waals surface area (Å²) >= 11 is 0. The molecule has 2 amide bonds. The highest BCUT2D eigenvalue weighted by Crippen LogP contribution is 2.24. The van der Waals surface area contributed by atoms with Crippen LogP contribution in [0, 0.1) is 5.92 Å². The SMILES string of the molecule is O=C(NCc1cc(-c2ccccc2)on1)C1CC(=O)N(CC(F)(F)F)C1. The van der Waals surface area contributed by atoms with Gasteiger partial charge < -0.3 is 14.7 Å². The number of nitrogens with one attached hydrogen (secondary N) is 1. The lowest BCUT2D eigenvalue weighted by Gasteiger charge is -2.18. The summed E-state index contributed by atoms with van der Waals surface area (Å²) in [7, 11) is 0. The molecule has 1 aliphatic rings. The maximum absolute atomic E-state index is 12.4. The number of amides is 2. The summed E-state index contributed by atoms with van der Waals surface area (Å²) < 4.78 is 42.4. The van der Waals surface area contributed by atoms with Crippen molar-refractivity contribution in [1.82, 2.24) is 15.4 Å². The Morgan fingerprint density at radius 2 is 2.04 bits per heavy atom. The van der Waals surface area contributed by atoms with E-state index in [1.807, 2.05) is 30.3 Å². The molecule has 6 nitrogen and oxygen atoms in total. The summed E-state index contributed by atoms with van der Waals surface area (Å²) in [6, 6.07) is 10.9. The van der Waals surface area contributed by atoms with Gasteiger partial charge in [-0.2, -0.15) is 13.2 Å². The van der Waals surface area contributed by atoms with Crippen LogP contribution in [-0.2, 0) is 16.1 Å². The van der Waals surface area contributed by atoms with E-state index in [-0.39, 0.29) is 19.5 Å². The maximum Gasteiger partial charge on any atom is 0.406 e. The van der Waals surface area contributed by atoms with Gasteiger partial charge in [0.25, 0.3) is 0 Å². The lowest BCUT2D eigenvalue weighted by atomic mass is 10.1. The fourth-order valence-corrected chi connectivity index (χ4v) is 2.77. The fourth-order valence-electron chi connectivity index (χ4n) is 2.77. The number of carbonyl (C=O) groups is 2. The molecule has 9 heteroatoms. The van der Waals surface area contributed by atoms with E-state index in [1.54, 1.807) is 6.07 Å². The molecule has 138 valence electrons. The highest BCUT2D eigenvalue weighted by molar-refractivity contribution is 5.89. The van der Waals surface area contributed by atoms with Crippen molar-refractivity contribution in [3.63, 3.8) is 0 Å². The zero-order chi connectivity index (χ0) is 18.7. The summed E-state index contributed by atoms with van der Waals surface area (Å²) in [5.74, 6) is -1.41. The quantitative estimate of drug-likeness (QED) is 0.880. The monoisotopic (exact) mass is 367 g/mol. The normalized spacial score (nSPS) is 17.6. The van der Waals surface area contributed by atoms with Crippen molar-refractivity contribution in [2.75, 3.05) is 13.1 Å². The van der Waals surface area contributed by atoms with Gasteiger partial charge in [-0.15, -0.1) is 0 Å². The minimum absolute atomic E-state index is 0.0686. The van der Waals surface area contributed by atoms with E-state index in [0.717, 1.165) is 5.56 Å². The molecule has 1 unspecified atom stereocenters. The van der Waals surface area contributed by atoms with Crippen LogP contribution in [0.3, 0.4) is 0 Å². The van der Waals surface area contributed by atoms with Crippen LogP contribution >= 0.6 is 0 Å². The minimum atomic E-state index is -4.48. The van der Waals surface area contributed by atoms with Crippen LogP contribution in [0.15, 0.2) is 40.9 Å². The molecule has 0 radical (unpaired) electrons. The third kappa shape index (κ3) is 4.41. The number of carbonyl (C=O) groups excluding carboxylic acids is 2. The number of likely N-dealkylation sites (tertiary alicyclic amines) is 1. The third-order valence-electron chi connectivity index (χ3n) is 4.02. The average Bonchev–Trinajstić information content (AvgIpc) is 3.20. The van der Waals surface area contributed by atoms with Crippen LogP contribution in [0.25, 0.3) is 11.3 Å². The zero-order valence-corrected chi connectivity index (χ0v) is 13.6. The van der Waals surface area contributed by atoms with Crippen LogP contribution < -0.4 is 5.32 Å².